The van der Waals surface area contributed by atoms with Crippen LogP contribution in [0.15, 0.2) is 65.6 Å². The number of rotatable bonds is 7. The van der Waals surface area contributed by atoms with Crippen molar-refractivity contribution in [1.82, 2.24) is 15.5 Å². The molecule has 4 aromatic rings. The standard InChI is InChI=1S/C33H38N4O4/c1-20-26(21-9-11-22(12-10-21)30(38)35-19-32(2,3)4)15-25(17-34-20)37-31(39)28-14-24(33(5,6)7)13-27(29(28)40-8)23-16-36-41-18-23/h9-18H,19H2,1-8H3,(H,35,38)(H,37,39). The molecule has 0 saturated heterocycles. The van der Waals surface area contributed by atoms with E-state index in [4.69, 9.17) is 9.26 Å². The van der Waals surface area contributed by atoms with E-state index in [1.54, 1.807) is 31.6 Å². The molecule has 0 aliphatic heterocycles. The number of methoxy groups -OCH3 is 1. The van der Waals surface area contributed by atoms with Gasteiger partial charge in [0, 0.05) is 34.5 Å². The number of pyridine rings is 1. The van der Waals surface area contributed by atoms with E-state index in [0.717, 1.165) is 33.5 Å². The zero-order chi connectivity index (χ0) is 29.9. The van der Waals surface area contributed by atoms with Crippen molar-refractivity contribution in [1.29, 1.82) is 0 Å². The third-order valence-corrected chi connectivity index (χ3v) is 6.73. The third kappa shape index (κ3) is 7.01. The molecule has 0 spiro atoms. The minimum atomic E-state index is -0.326. The first-order chi connectivity index (χ1) is 19.3. The van der Waals surface area contributed by atoms with Crippen molar-refractivity contribution < 1.29 is 18.8 Å². The molecule has 214 valence electrons. The minimum Gasteiger partial charge on any atom is -0.495 e. The highest BCUT2D eigenvalue weighted by atomic mass is 16.5. The van der Waals surface area contributed by atoms with Crippen molar-refractivity contribution in [3.05, 3.63) is 83.5 Å². The molecule has 8 heteroatoms. The predicted octanol–water partition coefficient (Wildman–Crippen LogP) is 7.05. The number of ether oxygens (including phenoxy) is 1. The number of carbonyl (C=O) groups is 2. The summed E-state index contributed by atoms with van der Waals surface area (Å²) in [6.07, 6.45) is 4.76. The summed E-state index contributed by atoms with van der Waals surface area (Å²) in [5.41, 5.74) is 6.25. The van der Waals surface area contributed by atoms with Gasteiger partial charge in [0.2, 0.25) is 0 Å². The molecule has 4 rings (SSSR count). The van der Waals surface area contributed by atoms with Crippen LogP contribution in [-0.2, 0) is 5.41 Å². The summed E-state index contributed by atoms with van der Waals surface area (Å²) in [5.74, 6) is -0.00761. The molecule has 2 aromatic heterocycles. The zero-order valence-electron chi connectivity index (χ0n) is 25.0. The van der Waals surface area contributed by atoms with E-state index < -0.39 is 0 Å². The van der Waals surface area contributed by atoms with Gasteiger partial charge in [0.25, 0.3) is 11.8 Å². The molecule has 0 unspecified atom stereocenters. The number of hydrogen-bond donors (Lipinski definition) is 2. The van der Waals surface area contributed by atoms with Gasteiger partial charge in [-0.25, -0.2) is 0 Å². The number of aromatic nitrogens is 2. The van der Waals surface area contributed by atoms with Crippen LogP contribution < -0.4 is 15.4 Å². The lowest BCUT2D eigenvalue weighted by Gasteiger charge is -2.23. The molecule has 0 bridgehead atoms. The van der Waals surface area contributed by atoms with Gasteiger partial charge in [-0.2, -0.15) is 0 Å². The molecule has 0 fully saturated rings. The number of nitrogens with zero attached hydrogens (tertiary/aromatic N) is 2. The van der Waals surface area contributed by atoms with Gasteiger partial charge >= 0.3 is 0 Å². The van der Waals surface area contributed by atoms with Gasteiger partial charge in [-0.3, -0.25) is 14.6 Å². The van der Waals surface area contributed by atoms with Gasteiger partial charge in [-0.1, -0.05) is 58.8 Å². The predicted molar refractivity (Wildman–Crippen MR) is 161 cm³/mol. The first-order valence-electron chi connectivity index (χ1n) is 13.6. The number of aryl methyl sites for hydroxylation is 1. The maximum Gasteiger partial charge on any atom is 0.259 e. The zero-order valence-corrected chi connectivity index (χ0v) is 25.0. The average molecular weight is 555 g/mol. The molecular weight excluding hydrogens is 516 g/mol. The number of hydrogen-bond acceptors (Lipinski definition) is 6. The Morgan fingerprint density at radius 1 is 0.902 bits per heavy atom. The molecule has 2 N–H and O–H groups in total. The van der Waals surface area contributed by atoms with E-state index in [2.05, 4.69) is 62.3 Å². The maximum absolute atomic E-state index is 13.7. The van der Waals surface area contributed by atoms with Gasteiger partial charge < -0.3 is 19.9 Å². The lowest BCUT2D eigenvalue weighted by molar-refractivity contribution is 0.0938. The normalized spacial score (nSPS) is 11.7. The molecule has 0 atom stereocenters. The molecule has 8 nitrogen and oxygen atoms in total. The molecular formula is C33H38N4O4. The second kappa shape index (κ2) is 11.6. The van der Waals surface area contributed by atoms with Crippen LogP contribution in [0.2, 0.25) is 0 Å². The maximum atomic E-state index is 13.7. The molecule has 2 aromatic carbocycles. The second-order valence-electron chi connectivity index (χ2n) is 12.4. The second-order valence-corrected chi connectivity index (χ2v) is 12.4. The number of benzene rings is 2. The lowest BCUT2D eigenvalue weighted by atomic mass is 9.84. The Balaban J connectivity index is 1.63. The van der Waals surface area contributed by atoms with Crippen LogP contribution in [0.5, 0.6) is 5.75 Å². The van der Waals surface area contributed by atoms with E-state index in [1.165, 1.54) is 6.26 Å². The van der Waals surface area contributed by atoms with Crippen LogP contribution in [0.1, 0.15) is 73.5 Å². The number of nitrogens with one attached hydrogen (secondary N) is 2. The smallest absolute Gasteiger partial charge is 0.259 e. The summed E-state index contributed by atoms with van der Waals surface area (Å²) < 4.78 is 10.8. The van der Waals surface area contributed by atoms with Gasteiger partial charge in [-0.05, 0) is 59.2 Å². The first-order valence-corrected chi connectivity index (χ1v) is 13.6. The quantitative estimate of drug-likeness (QED) is 0.254. The van der Waals surface area contributed by atoms with Gasteiger partial charge in [0.1, 0.15) is 12.0 Å². The van der Waals surface area contributed by atoms with Crippen LogP contribution in [-0.4, -0.2) is 35.6 Å². The van der Waals surface area contributed by atoms with E-state index >= 15 is 0 Å². The van der Waals surface area contributed by atoms with Crippen LogP contribution in [0.4, 0.5) is 5.69 Å². The number of anilines is 1. The summed E-state index contributed by atoms with van der Waals surface area (Å²) in [6, 6.07) is 13.1. The first kappa shape index (κ1) is 29.5. The van der Waals surface area contributed by atoms with E-state index in [9.17, 15) is 9.59 Å². The Labute approximate surface area is 241 Å². The molecule has 0 aliphatic carbocycles. The highest BCUT2D eigenvalue weighted by molar-refractivity contribution is 6.08. The molecule has 41 heavy (non-hydrogen) atoms. The molecule has 2 heterocycles. The topological polar surface area (TPSA) is 106 Å². The Morgan fingerprint density at radius 3 is 2.20 bits per heavy atom. The van der Waals surface area contributed by atoms with Crippen molar-refractivity contribution in [2.24, 2.45) is 5.41 Å². The fourth-order valence-electron chi connectivity index (χ4n) is 4.34. The Hall–Kier alpha value is -4.46. The summed E-state index contributed by atoms with van der Waals surface area (Å²) >= 11 is 0. The Morgan fingerprint density at radius 2 is 1.61 bits per heavy atom. The van der Waals surface area contributed by atoms with Crippen molar-refractivity contribution in [2.75, 3.05) is 19.0 Å². The van der Waals surface area contributed by atoms with Crippen LogP contribution in [0.25, 0.3) is 22.3 Å². The van der Waals surface area contributed by atoms with E-state index in [1.807, 2.05) is 37.3 Å². The monoisotopic (exact) mass is 554 g/mol. The van der Waals surface area contributed by atoms with Gasteiger partial charge in [0.15, 0.2) is 0 Å². The van der Waals surface area contributed by atoms with Crippen molar-refractivity contribution in [3.63, 3.8) is 0 Å². The third-order valence-electron chi connectivity index (χ3n) is 6.73. The van der Waals surface area contributed by atoms with Crippen LogP contribution in [0, 0.1) is 12.3 Å². The van der Waals surface area contributed by atoms with Crippen molar-refractivity contribution in [3.8, 4) is 28.0 Å². The molecule has 0 saturated carbocycles. The summed E-state index contributed by atoms with van der Waals surface area (Å²) in [6.45, 7) is 15.0. The average Bonchev–Trinajstić information content (AvgIpc) is 3.46. The highest BCUT2D eigenvalue weighted by Crippen LogP contribution is 2.38. The minimum absolute atomic E-state index is 0.000635. The molecule has 0 aliphatic rings. The van der Waals surface area contributed by atoms with Crippen molar-refractivity contribution >= 4 is 17.5 Å². The Bertz CT molecular complexity index is 1540. The SMILES string of the molecule is COc1c(C(=O)Nc2cnc(C)c(-c3ccc(C(=O)NCC(C)(C)C)cc3)c2)cc(C(C)(C)C)cc1-c1cnoc1. The largest absolute Gasteiger partial charge is 0.495 e. The van der Waals surface area contributed by atoms with Crippen LogP contribution >= 0.6 is 0 Å². The van der Waals surface area contributed by atoms with Crippen molar-refractivity contribution in [2.45, 2.75) is 53.9 Å². The fraction of sp³-hybridized carbons (Fsp3) is 0.333. The molecule has 0 radical (unpaired) electrons. The molecule has 2 amide bonds. The van der Waals surface area contributed by atoms with E-state index in [-0.39, 0.29) is 22.6 Å². The number of carbonyl (C=O) groups excluding carboxylic acids is 2. The van der Waals surface area contributed by atoms with Gasteiger partial charge in [0.05, 0.1) is 30.8 Å². The highest BCUT2D eigenvalue weighted by Gasteiger charge is 2.24. The number of amides is 2. The summed E-state index contributed by atoms with van der Waals surface area (Å²) in [4.78, 5) is 30.8. The summed E-state index contributed by atoms with van der Waals surface area (Å²) in [5, 5.41) is 9.80. The van der Waals surface area contributed by atoms with E-state index in [0.29, 0.717) is 29.1 Å². The fourth-order valence-corrected chi connectivity index (χ4v) is 4.34. The lowest BCUT2D eigenvalue weighted by Crippen LogP contribution is -2.32. The Kier molecular flexibility index (Phi) is 8.33. The summed E-state index contributed by atoms with van der Waals surface area (Å²) in [7, 11) is 1.54. The van der Waals surface area contributed by atoms with Gasteiger partial charge in [-0.15, -0.1) is 0 Å². The van der Waals surface area contributed by atoms with Crippen LogP contribution in [0.3, 0.4) is 0 Å².